The summed E-state index contributed by atoms with van der Waals surface area (Å²) in [4.78, 5) is 0. The average molecular weight is 234 g/mol. The summed E-state index contributed by atoms with van der Waals surface area (Å²) >= 11 is 0. The molecule has 0 saturated carbocycles. The second-order valence-corrected chi connectivity index (χ2v) is 6.08. The van der Waals surface area contributed by atoms with Gasteiger partial charge in [-0.05, 0) is 10.8 Å². The highest BCUT2D eigenvalue weighted by atomic mass is 28.4. The van der Waals surface area contributed by atoms with Crippen molar-refractivity contribution in [3.05, 3.63) is 55.1 Å². The smallest absolute Gasteiger partial charge is 0.264 e. The number of fused-ring (bicyclic) bond motifs is 1. The van der Waals surface area contributed by atoms with E-state index in [4.69, 9.17) is 0 Å². The molecular weight excluding hydrogens is 222 g/mol. The highest BCUT2D eigenvalue weighted by molar-refractivity contribution is 6.82. The first kappa shape index (κ1) is 11.0. The largest absolute Gasteiger partial charge is 0.459 e. The summed E-state index contributed by atoms with van der Waals surface area (Å²) in [6.07, 6.45) is 1.31. The van der Waals surface area contributed by atoms with Crippen molar-refractivity contribution < 1.29 is 8.22 Å². The minimum atomic E-state index is -4.36. The van der Waals surface area contributed by atoms with Gasteiger partial charge in [-0.25, -0.2) is 0 Å². The number of halogens is 2. The summed E-state index contributed by atoms with van der Waals surface area (Å²) in [5.74, 6) is 0. The lowest BCUT2D eigenvalue weighted by molar-refractivity contribution is 0.632. The maximum Gasteiger partial charge on any atom is 0.459 e. The van der Waals surface area contributed by atoms with E-state index in [1.54, 1.807) is 18.2 Å². The van der Waals surface area contributed by atoms with Gasteiger partial charge in [0.1, 0.15) is 0 Å². The molecule has 0 aliphatic carbocycles. The molecule has 82 valence electrons. The molecule has 2 aromatic carbocycles. The molecule has 0 unspecified atom stereocenters. The lowest BCUT2D eigenvalue weighted by Gasteiger charge is -2.13. The van der Waals surface area contributed by atoms with Crippen LogP contribution in [0.4, 0.5) is 8.22 Å². The predicted octanol–water partition coefficient (Wildman–Crippen LogP) is 3.61. The topological polar surface area (TPSA) is 0 Å². The molecule has 0 fully saturated rings. The summed E-state index contributed by atoms with van der Waals surface area (Å²) in [6, 6.07) is 12.2. The zero-order chi connectivity index (χ0) is 11.6. The van der Waals surface area contributed by atoms with Gasteiger partial charge in [0.05, 0.1) is 0 Å². The van der Waals surface area contributed by atoms with Crippen molar-refractivity contribution in [3.63, 3.8) is 0 Å². The fourth-order valence-electron chi connectivity index (χ4n) is 1.84. The van der Waals surface area contributed by atoms with Crippen LogP contribution in [0.2, 0.25) is 6.04 Å². The third kappa shape index (κ3) is 1.91. The minimum Gasteiger partial charge on any atom is -0.264 e. The Labute approximate surface area is 94.6 Å². The Morgan fingerprint density at radius 2 is 1.75 bits per heavy atom. The summed E-state index contributed by atoms with van der Waals surface area (Å²) in [5.41, 5.74) is 0. The SMILES string of the molecule is C=CC[Si](F)(F)c1cccc2ccccc12. The quantitative estimate of drug-likeness (QED) is 0.432. The Hall–Kier alpha value is -1.48. The van der Waals surface area contributed by atoms with Crippen LogP contribution in [0.1, 0.15) is 0 Å². The molecule has 2 rings (SSSR count). The molecular formula is C13H12F2Si. The molecule has 0 radical (unpaired) electrons. The van der Waals surface area contributed by atoms with Gasteiger partial charge in [0, 0.05) is 11.2 Å². The van der Waals surface area contributed by atoms with E-state index >= 15 is 0 Å². The van der Waals surface area contributed by atoms with Gasteiger partial charge >= 0.3 is 8.74 Å². The fraction of sp³-hybridized carbons (Fsp3) is 0.0769. The molecule has 0 atom stereocenters. The molecule has 0 aliphatic rings. The van der Waals surface area contributed by atoms with Gasteiger partial charge < -0.3 is 0 Å². The van der Waals surface area contributed by atoms with Crippen LogP contribution in [0, 0.1) is 0 Å². The number of benzene rings is 2. The summed E-state index contributed by atoms with van der Waals surface area (Å²) < 4.78 is 27.9. The fourth-order valence-corrected chi connectivity index (χ4v) is 3.38. The molecule has 0 aromatic heterocycles. The van der Waals surface area contributed by atoms with Crippen molar-refractivity contribution in [1.82, 2.24) is 0 Å². The van der Waals surface area contributed by atoms with Crippen LogP contribution in [0.5, 0.6) is 0 Å². The molecule has 2 aromatic rings. The van der Waals surface area contributed by atoms with E-state index in [0.717, 1.165) is 5.39 Å². The summed E-state index contributed by atoms with van der Waals surface area (Å²) in [6.45, 7) is 3.41. The van der Waals surface area contributed by atoms with Gasteiger partial charge in [0.25, 0.3) is 0 Å². The zero-order valence-corrected chi connectivity index (χ0v) is 9.79. The van der Waals surface area contributed by atoms with Crippen LogP contribution in [-0.4, -0.2) is 8.74 Å². The highest BCUT2D eigenvalue weighted by Crippen LogP contribution is 2.20. The standard InChI is InChI=1S/C13H12F2Si/c1-2-10-16(14,15)13-9-5-7-11-6-3-4-8-12(11)13/h2-9H,1,10H2. The van der Waals surface area contributed by atoms with Crippen LogP contribution in [0.3, 0.4) is 0 Å². The van der Waals surface area contributed by atoms with Crippen LogP contribution < -0.4 is 5.19 Å². The van der Waals surface area contributed by atoms with Crippen LogP contribution >= 0.6 is 0 Å². The van der Waals surface area contributed by atoms with Crippen molar-refractivity contribution in [2.75, 3.05) is 0 Å². The second kappa shape index (κ2) is 4.18. The van der Waals surface area contributed by atoms with E-state index in [1.807, 2.05) is 18.2 Å². The Morgan fingerprint density at radius 3 is 2.50 bits per heavy atom. The van der Waals surface area contributed by atoms with Gasteiger partial charge in [-0.3, -0.25) is 8.22 Å². The number of hydrogen-bond acceptors (Lipinski definition) is 0. The molecule has 3 heteroatoms. The molecule has 0 spiro atoms. The van der Waals surface area contributed by atoms with Crippen LogP contribution in [0.25, 0.3) is 10.8 Å². The summed E-state index contributed by atoms with van der Waals surface area (Å²) in [7, 11) is -4.36. The van der Waals surface area contributed by atoms with Crippen molar-refractivity contribution >= 4 is 24.7 Å². The number of hydrogen-bond donors (Lipinski definition) is 0. The molecule has 0 bridgehead atoms. The van der Waals surface area contributed by atoms with E-state index in [-0.39, 0.29) is 11.2 Å². The van der Waals surface area contributed by atoms with E-state index in [1.165, 1.54) is 12.1 Å². The maximum atomic E-state index is 14.0. The van der Waals surface area contributed by atoms with Gasteiger partial charge in [0.15, 0.2) is 0 Å². The highest BCUT2D eigenvalue weighted by Gasteiger charge is 2.37. The Kier molecular flexibility index (Phi) is 2.88. The van der Waals surface area contributed by atoms with Crippen molar-refractivity contribution in [2.45, 2.75) is 6.04 Å². The minimum absolute atomic E-state index is 0.193. The molecule has 0 nitrogen and oxygen atoms in total. The van der Waals surface area contributed by atoms with E-state index in [0.29, 0.717) is 5.39 Å². The Bertz CT molecular complexity index is 515. The molecule has 0 amide bonds. The van der Waals surface area contributed by atoms with Crippen molar-refractivity contribution in [3.8, 4) is 0 Å². The third-order valence-electron chi connectivity index (χ3n) is 2.58. The van der Waals surface area contributed by atoms with Crippen LogP contribution in [-0.2, 0) is 0 Å². The first-order valence-corrected chi connectivity index (χ1v) is 7.08. The first-order chi connectivity index (χ1) is 7.65. The Balaban J connectivity index is 2.64. The van der Waals surface area contributed by atoms with E-state index in [9.17, 15) is 8.22 Å². The lowest BCUT2D eigenvalue weighted by atomic mass is 10.1. The van der Waals surface area contributed by atoms with Gasteiger partial charge in [-0.2, -0.15) is 0 Å². The van der Waals surface area contributed by atoms with Gasteiger partial charge in [-0.1, -0.05) is 48.5 Å². The van der Waals surface area contributed by atoms with Gasteiger partial charge in [0.2, 0.25) is 0 Å². The normalized spacial score (nSPS) is 11.6. The second-order valence-electron chi connectivity index (χ2n) is 3.72. The predicted molar refractivity (Wildman–Crippen MR) is 66.6 cm³/mol. The monoisotopic (exact) mass is 234 g/mol. The molecule has 0 saturated heterocycles. The number of rotatable bonds is 3. The van der Waals surface area contributed by atoms with E-state index < -0.39 is 8.74 Å². The molecule has 0 N–H and O–H groups in total. The third-order valence-corrected chi connectivity index (χ3v) is 4.61. The zero-order valence-electron chi connectivity index (χ0n) is 8.79. The van der Waals surface area contributed by atoms with Crippen LogP contribution in [0.15, 0.2) is 55.1 Å². The first-order valence-electron chi connectivity index (χ1n) is 5.12. The molecule has 0 heterocycles. The average Bonchev–Trinajstić information content (AvgIpc) is 2.28. The van der Waals surface area contributed by atoms with Crippen molar-refractivity contribution in [2.24, 2.45) is 0 Å². The van der Waals surface area contributed by atoms with Crippen molar-refractivity contribution in [1.29, 1.82) is 0 Å². The lowest BCUT2D eigenvalue weighted by Crippen LogP contribution is -2.38. The summed E-state index contributed by atoms with van der Waals surface area (Å²) in [5, 5.41) is 1.75. The number of allylic oxidation sites excluding steroid dienone is 1. The van der Waals surface area contributed by atoms with E-state index in [2.05, 4.69) is 6.58 Å². The van der Waals surface area contributed by atoms with Gasteiger partial charge in [-0.15, -0.1) is 6.58 Å². The molecule has 0 aliphatic heterocycles. The molecule has 16 heavy (non-hydrogen) atoms. The maximum absolute atomic E-state index is 14.0. The Morgan fingerprint density at radius 1 is 1.06 bits per heavy atom.